The van der Waals surface area contributed by atoms with Crippen LogP contribution in [0.4, 0.5) is 0 Å². The van der Waals surface area contributed by atoms with E-state index < -0.39 is 10.0 Å². The van der Waals surface area contributed by atoms with Gasteiger partial charge in [-0.3, -0.25) is 9.69 Å². The number of carbonyl (C=O) groups is 1. The van der Waals surface area contributed by atoms with Crippen molar-refractivity contribution >= 4 is 15.9 Å². The van der Waals surface area contributed by atoms with Gasteiger partial charge in [-0.25, -0.2) is 8.42 Å². The van der Waals surface area contributed by atoms with E-state index >= 15 is 0 Å². The van der Waals surface area contributed by atoms with E-state index in [0.717, 1.165) is 30.0 Å². The molecule has 3 atom stereocenters. The average Bonchev–Trinajstić information content (AvgIpc) is 3.44. The van der Waals surface area contributed by atoms with Crippen LogP contribution in [0, 0.1) is 11.8 Å². The summed E-state index contributed by atoms with van der Waals surface area (Å²) in [5.41, 5.74) is 1.86. The first kappa shape index (κ1) is 21.6. The third kappa shape index (κ3) is 4.47. The Morgan fingerprint density at radius 1 is 0.906 bits per heavy atom. The lowest BCUT2D eigenvalue weighted by molar-refractivity contribution is 0.0923. The van der Waals surface area contributed by atoms with Gasteiger partial charge < -0.3 is 5.32 Å². The third-order valence-corrected chi connectivity index (χ3v) is 9.30. The maximum atomic E-state index is 12.8. The fraction of sp³-hybridized carbons (Fsp3) is 0.480. The van der Waals surface area contributed by atoms with Crippen molar-refractivity contribution in [3.05, 3.63) is 65.7 Å². The van der Waals surface area contributed by atoms with Crippen LogP contribution in [0.2, 0.25) is 0 Å². The molecule has 0 radical (unpaired) electrons. The summed E-state index contributed by atoms with van der Waals surface area (Å²) in [6.45, 7) is 3.12. The molecule has 32 heavy (non-hydrogen) atoms. The Labute approximate surface area is 190 Å². The number of benzene rings is 2. The van der Waals surface area contributed by atoms with E-state index in [1.54, 1.807) is 28.6 Å². The predicted octanol–water partition coefficient (Wildman–Crippen LogP) is 3.11. The van der Waals surface area contributed by atoms with Gasteiger partial charge in [0.25, 0.3) is 5.91 Å². The highest BCUT2D eigenvalue weighted by Gasteiger charge is 2.40. The molecule has 2 aromatic carbocycles. The van der Waals surface area contributed by atoms with Gasteiger partial charge in [-0.15, -0.1) is 0 Å². The monoisotopic (exact) mass is 453 g/mol. The van der Waals surface area contributed by atoms with Crippen LogP contribution in [-0.2, 0) is 16.6 Å². The summed E-state index contributed by atoms with van der Waals surface area (Å²) >= 11 is 0. The van der Waals surface area contributed by atoms with E-state index in [4.69, 9.17) is 0 Å². The number of fused-ring (bicyclic) bond motifs is 2. The summed E-state index contributed by atoms with van der Waals surface area (Å²) in [5.74, 6) is 1.53. The number of hydrogen-bond acceptors (Lipinski definition) is 4. The number of nitrogens with zero attached hydrogens (tertiary/aromatic N) is 2. The minimum Gasteiger partial charge on any atom is -0.349 e. The third-order valence-electron chi connectivity index (χ3n) is 7.39. The van der Waals surface area contributed by atoms with E-state index in [-0.39, 0.29) is 5.91 Å². The van der Waals surface area contributed by atoms with Crippen molar-refractivity contribution < 1.29 is 13.2 Å². The zero-order chi connectivity index (χ0) is 22.1. The Bertz CT molecular complexity index is 1050. The van der Waals surface area contributed by atoms with E-state index in [2.05, 4.69) is 10.2 Å². The summed E-state index contributed by atoms with van der Waals surface area (Å²) in [6.07, 6.45) is 5.01. The molecule has 3 unspecified atom stereocenters. The summed E-state index contributed by atoms with van der Waals surface area (Å²) < 4.78 is 27.1. The van der Waals surface area contributed by atoms with Gasteiger partial charge >= 0.3 is 0 Å². The molecule has 7 heteroatoms. The van der Waals surface area contributed by atoms with E-state index in [0.29, 0.717) is 43.0 Å². The lowest BCUT2D eigenvalue weighted by Crippen LogP contribution is -2.48. The molecule has 6 nitrogen and oxygen atoms in total. The smallest absolute Gasteiger partial charge is 0.251 e. The van der Waals surface area contributed by atoms with Crippen molar-refractivity contribution in [3.8, 4) is 0 Å². The maximum Gasteiger partial charge on any atom is 0.251 e. The molecule has 0 spiro atoms. The van der Waals surface area contributed by atoms with Crippen LogP contribution >= 0.6 is 0 Å². The van der Waals surface area contributed by atoms with Crippen LogP contribution in [0.25, 0.3) is 0 Å². The zero-order valence-corrected chi connectivity index (χ0v) is 19.1. The Kier molecular flexibility index (Phi) is 6.05. The van der Waals surface area contributed by atoms with Crippen molar-refractivity contribution in [1.82, 2.24) is 14.5 Å². The van der Waals surface area contributed by atoms with Gasteiger partial charge in [-0.2, -0.15) is 4.31 Å². The first-order valence-electron chi connectivity index (χ1n) is 11.7. The Morgan fingerprint density at radius 2 is 1.62 bits per heavy atom. The average molecular weight is 454 g/mol. The van der Waals surface area contributed by atoms with Crippen LogP contribution in [0.1, 0.15) is 41.6 Å². The second-order valence-electron chi connectivity index (χ2n) is 9.45. The molecular weight excluding hydrogens is 422 g/mol. The fourth-order valence-corrected chi connectivity index (χ4v) is 7.01. The first-order chi connectivity index (χ1) is 15.5. The van der Waals surface area contributed by atoms with Gasteiger partial charge in [0.2, 0.25) is 10.0 Å². The molecule has 2 saturated carbocycles. The number of piperazine rings is 1. The molecule has 0 aromatic heterocycles. The molecular formula is C25H31N3O3S. The van der Waals surface area contributed by atoms with Crippen LogP contribution in [0.15, 0.2) is 59.5 Å². The highest BCUT2D eigenvalue weighted by Crippen LogP contribution is 2.44. The van der Waals surface area contributed by atoms with Crippen molar-refractivity contribution in [1.29, 1.82) is 0 Å². The SMILES string of the molecule is O=C(NC1CC2CCC1C2)c1ccc(CN2CCN(S(=O)(=O)c3ccccc3)CC2)cc1. The minimum absolute atomic E-state index is 0.0360. The zero-order valence-electron chi connectivity index (χ0n) is 18.3. The number of sulfonamides is 1. The van der Waals surface area contributed by atoms with Gasteiger partial charge in [0.15, 0.2) is 0 Å². The Hall–Kier alpha value is -2.22. The molecule has 2 aromatic rings. The topological polar surface area (TPSA) is 69.7 Å². The Morgan fingerprint density at radius 3 is 2.25 bits per heavy atom. The second-order valence-corrected chi connectivity index (χ2v) is 11.4. The first-order valence-corrected chi connectivity index (χ1v) is 13.1. The number of rotatable bonds is 6. The van der Waals surface area contributed by atoms with Crippen molar-refractivity contribution in [2.24, 2.45) is 11.8 Å². The molecule has 2 bridgehead atoms. The maximum absolute atomic E-state index is 12.8. The van der Waals surface area contributed by atoms with E-state index in [1.807, 2.05) is 30.3 Å². The van der Waals surface area contributed by atoms with Crippen LogP contribution in [-0.4, -0.2) is 55.8 Å². The highest BCUT2D eigenvalue weighted by molar-refractivity contribution is 7.89. The fourth-order valence-electron chi connectivity index (χ4n) is 5.56. The second kappa shape index (κ2) is 8.96. The summed E-state index contributed by atoms with van der Waals surface area (Å²) in [6, 6.07) is 16.8. The minimum atomic E-state index is -3.42. The van der Waals surface area contributed by atoms with E-state index in [9.17, 15) is 13.2 Å². The van der Waals surface area contributed by atoms with Crippen LogP contribution in [0.5, 0.6) is 0 Å². The molecule has 1 N–H and O–H groups in total. The molecule has 1 heterocycles. The molecule has 1 aliphatic heterocycles. The predicted molar refractivity (Wildman–Crippen MR) is 124 cm³/mol. The van der Waals surface area contributed by atoms with Gasteiger partial charge in [0, 0.05) is 44.3 Å². The standard InChI is InChI=1S/C25H31N3O3S/c29-25(26-24-17-20-8-11-22(24)16-20)21-9-6-19(7-10-21)18-27-12-14-28(15-13-27)32(30,31)23-4-2-1-3-5-23/h1-7,9-10,20,22,24H,8,11-18H2,(H,26,29). The summed E-state index contributed by atoms with van der Waals surface area (Å²) in [5, 5.41) is 3.25. The number of nitrogens with one attached hydrogen (secondary N) is 1. The normalized spacial score (nSPS) is 26.3. The quantitative estimate of drug-likeness (QED) is 0.730. The largest absolute Gasteiger partial charge is 0.349 e. The lowest BCUT2D eigenvalue weighted by atomic mass is 9.95. The van der Waals surface area contributed by atoms with Gasteiger partial charge in [0.05, 0.1) is 4.90 Å². The molecule has 2 aliphatic carbocycles. The number of hydrogen-bond donors (Lipinski definition) is 1. The summed E-state index contributed by atoms with van der Waals surface area (Å²) in [7, 11) is -3.42. The molecule has 3 aliphatic rings. The van der Waals surface area contributed by atoms with E-state index in [1.165, 1.54) is 19.3 Å². The summed E-state index contributed by atoms with van der Waals surface area (Å²) in [4.78, 5) is 15.3. The highest BCUT2D eigenvalue weighted by atomic mass is 32.2. The van der Waals surface area contributed by atoms with Crippen molar-refractivity contribution in [2.45, 2.75) is 43.2 Å². The molecule has 3 fully saturated rings. The molecule has 170 valence electrons. The van der Waals surface area contributed by atoms with Crippen molar-refractivity contribution in [2.75, 3.05) is 26.2 Å². The van der Waals surface area contributed by atoms with Gasteiger partial charge in [-0.1, -0.05) is 36.8 Å². The lowest BCUT2D eigenvalue weighted by Gasteiger charge is -2.34. The van der Waals surface area contributed by atoms with Crippen LogP contribution < -0.4 is 5.32 Å². The van der Waals surface area contributed by atoms with Gasteiger partial charge in [-0.05, 0) is 60.9 Å². The number of amides is 1. The van der Waals surface area contributed by atoms with Crippen LogP contribution in [0.3, 0.4) is 0 Å². The molecule has 5 rings (SSSR count). The molecule has 1 saturated heterocycles. The number of carbonyl (C=O) groups excluding carboxylic acids is 1. The van der Waals surface area contributed by atoms with Gasteiger partial charge in [0.1, 0.15) is 0 Å². The van der Waals surface area contributed by atoms with Crippen molar-refractivity contribution in [3.63, 3.8) is 0 Å². The molecule has 1 amide bonds. The Balaban J connectivity index is 1.13.